The van der Waals surface area contributed by atoms with Gasteiger partial charge in [-0.25, -0.2) is 0 Å². The van der Waals surface area contributed by atoms with Gasteiger partial charge in [0.1, 0.15) is 11.7 Å². The fourth-order valence-electron chi connectivity index (χ4n) is 3.70. The van der Waals surface area contributed by atoms with Gasteiger partial charge in [0.2, 0.25) is 11.8 Å². The minimum atomic E-state index is -0.902. The molecule has 2 bridgehead atoms. The lowest BCUT2D eigenvalue weighted by molar-refractivity contribution is -0.177. The van der Waals surface area contributed by atoms with Crippen LogP contribution in [0.4, 0.5) is 0 Å². The molecule has 130 valence electrons. The molecule has 3 atom stereocenters. The van der Waals surface area contributed by atoms with Crippen LogP contribution in [0.25, 0.3) is 0 Å². The van der Waals surface area contributed by atoms with Crippen molar-refractivity contribution in [2.75, 3.05) is 26.4 Å². The first-order valence-corrected chi connectivity index (χ1v) is 8.05. The summed E-state index contributed by atoms with van der Waals surface area (Å²) in [7, 11) is 0. The molecule has 2 aliphatic rings. The van der Waals surface area contributed by atoms with Crippen molar-refractivity contribution in [1.82, 2.24) is 4.90 Å². The van der Waals surface area contributed by atoms with Crippen molar-refractivity contribution in [1.29, 1.82) is 0 Å². The third-order valence-corrected chi connectivity index (χ3v) is 4.75. The molecule has 2 heterocycles. The zero-order valence-corrected chi connectivity index (χ0v) is 13.6. The zero-order chi connectivity index (χ0) is 17.3. The standard InChI is InChI=1S/C17H22N2O5/c1-17-10-12(11-4-2-3-5-13(11)24-17)14(15(18)21)16(22)19(17)6-8-23-9-7-20/h2-5,12,14,20H,6-10H2,1H3,(H2,18,21)/t12-,14-,17-/m0/s1. The molecule has 1 saturated heterocycles. The third kappa shape index (κ3) is 2.74. The molecular formula is C17H22N2O5. The number of likely N-dealkylation sites (tertiary alicyclic amines) is 1. The number of aliphatic hydroxyl groups excluding tert-OH is 1. The van der Waals surface area contributed by atoms with E-state index in [1.165, 1.54) is 4.90 Å². The number of rotatable bonds is 6. The fraction of sp³-hybridized carbons (Fsp3) is 0.529. The van der Waals surface area contributed by atoms with Gasteiger partial charge in [0.25, 0.3) is 0 Å². The summed E-state index contributed by atoms with van der Waals surface area (Å²) in [5, 5.41) is 8.78. The number of ether oxygens (including phenoxy) is 2. The summed E-state index contributed by atoms with van der Waals surface area (Å²) >= 11 is 0. The SMILES string of the molecule is C[C@@]12C[C@@H](c3ccccc3O1)[C@@H](C(N)=O)C(=O)N2CCOCCO. The Labute approximate surface area is 140 Å². The highest BCUT2D eigenvalue weighted by Gasteiger charge is 2.55. The Morgan fingerprint density at radius 2 is 2.21 bits per heavy atom. The fourth-order valence-corrected chi connectivity index (χ4v) is 3.70. The van der Waals surface area contributed by atoms with Gasteiger partial charge >= 0.3 is 0 Å². The average Bonchev–Trinajstić information content (AvgIpc) is 2.53. The second-order valence-corrected chi connectivity index (χ2v) is 6.33. The zero-order valence-electron chi connectivity index (χ0n) is 13.6. The molecule has 2 amide bonds. The number of para-hydroxylation sites is 1. The summed E-state index contributed by atoms with van der Waals surface area (Å²) in [5.41, 5.74) is 5.55. The van der Waals surface area contributed by atoms with Crippen LogP contribution in [0.1, 0.15) is 24.8 Å². The van der Waals surface area contributed by atoms with Gasteiger partial charge in [-0.1, -0.05) is 18.2 Å². The molecule has 3 N–H and O–H groups in total. The van der Waals surface area contributed by atoms with Crippen molar-refractivity contribution in [3.63, 3.8) is 0 Å². The molecule has 0 unspecified atom stereocenters. The average molecular weight is 334 g/mol. The molecule has 3 rings (SSSR count). The van der Waals surface area contributed by atoms with Gasteiger partial charge in [-0.2, -0.15) is 0 Å². The number of primary amides is 1. The molecular weight excluding hydrogens is 312 g/mol. The van der Waals surface area contributed by atoms with Gasteiger partial charge in [0, 0.05) is 18.9 Å². The molecule has 0 saturated carbocycles. The second-order valence-electron chi connectivity index (χ2n) is 6.33. The topological polar surface area (TPSA) is 102 Å². The number of nitrogens with two attached hydrogens (primary N) is 1. The normalized spacial score (nSPS) is 28.2. The van der Waals surface area contributed by atoms with Crippen LogP contribution in [0, 0.1) is 5.92 Å². The van der Waals surface area contributed by atoms with Crippen LogP contribution >= 0.6 is 0 Å². The monoisotopic (exact) mass is 334 g/mol. The van der Waals surface area contributed by atoms with Crippen LogP contribution in [-0.2, 0) is 14.3 Å². The van der Waals surface area contributed by atoms with E-state index in [-0.39, 0.29) is 38.2 Å². The number of piperidine rings is 1. The number of carbonyl (C=O) groups is 2. The molecule has 0 spiro atoms. The van der Waals surface area contributed by atoms with E-state index in [1.807, 2.05) is 31.2 Å². The molecule has 7 nitrogen and oxygen atoms in total. The maximum atomic E-state index is 12.9. The number of nitrogens with zero attached hydrogens (tertiary/aromatic N) is 1. The highest BCUT2D eigenvalue weighted by Crippen LogP contribution is 2.49. The largest absolute Gasteiger partial charge is 0.468 e. The number of benzene rings is 1. The maximum Gasteiger partial charge on any atom is 0.238 e. The lowest BCUT2D eigenvalue weighted by atomic mass is 9.73. The number of hydrogen-bond acceptors (Lipinski definition) is 5. The summed E-state index contributed by atoms with van der Waals surface area (Å²) in [6.07, 6.45) is 0.503. The van der Waals surface area contributed by atoms with Gasteiger partial charge in [0.15, 0.2) is 5.72 Å². The van der Waals surface area contributed by atoms with E-state index >= 15 is 0 Å². The van der Waals surface area contributed by atoms with E-state index in [9.17, 15) is 9.59 Å². The van der Waals surface area contributed by atoms with Gasteiger partial charge in [-0.3, -0.25) is 9.59 Å². The van der Waals surface area contributed by atoms with Crippen LogP contribution in [0.5, 0.6) is 5.75 Å². The van der Waals surface area contributed by atoms with Crippen molar-refractivity contribution >= 4 is 11.8 Å². The lowest BCUT2D eigenvalue weighted by Gasteiger charge is -2.52. The molecule has 0 radical (unpaired) electrons. The Kier molecular flexibility index (Phi) is 4.47. The number of carbonyl (C=O) groups excluding carboxylic acids is 2. The smallest absolute Gasteiger partial charge is 0.238 e. The summed E-state index contributed by atoms with van der Waals surface area (Å²) < 4.78 is 11.4. The van der Waals surface area contributed by atoms with Crippen LogP contribution in [0.15, 0.2) is 24.3 Å². The summed E-state index contributed by atoms with van der Waals surface area (Å²) in [6, 6.07) is 7.44. The third-order valence-electron chi connectivity index (χ3n) is 4.75. The summed E-state index contributed by atoms with van der Waals surface area (Å²) in [4.78, 5) is 26.4. The predicted molar refractivity (Wildman–Crippen MR) is 85.1 cm³/mol. The summed E-state index contributed by atoms with van der Waals surface area (Å²) in [6.45, 7) is 2.49. The molecule has 1 fully saturated rings. The summed E-state index contributed by atoms with van der Waals surface area (Å²) in [5.74, 6) is -1.45. The first-order chi connectivity index (χ1) is 11.5. The molecule has 1 aromatic carbocycles. The Morgan fingerprint density at radius 1 is 1.46 bits per heavy atom. The quantitative estimate of drug-likeness (QED) is 0.572. The highest BCUT2D eigenvalue weighted by molar-refractivity contribution is 6.01. The van der Waals surface area contributed by atoms with Crippen LogP contribution in [-0.4, -0.2) is 53.9 Å². The Bertz CT molecular complexity index is 650. The van der Waals surface area contributed by atoms with Crippen molar-refractivity contribution < 1.29 is 24.2 Å². The predicted octanol–water partition coefficient (Wildman–Crippen LogP) is 0.222. The van der Waals surface area contributed by atoms with Gasteiger partial charge in [0.05, 0.1) is 19.8 Å². The van der Waals surface area contributed by atoms with Crippen LogP contribution in [0.2, 0.25) is 0 Å². The second kappa shape index (κ2) is 6.41. The first-order valence-electron chi connectivity index (χ1n) is 8.05. The molecule has 0 aromatic heterocycles. The molecule has 2 aliphatic heterocycles. The van der Waals surface area contributed by atoms with E-state index in [0.29, 0.717) is 12.2 Å². The molecule has 7 heteroatoms. The van der Waals surface area contributed by atoms with Gasteiger partial charge in [-0.05, 0) is 18.6 Å². The van der Waals surface area contributed by atoms with Crippen LogP contribution in [0.3, 0.4) is 0 Å². The lowest BCUT2D eigenvalue weighted by Crippen LogP contribution is -2.65. The van der Waals surface area contributed by atoms with E-state index in [0.717, 1.165) is 5.56 Å². The van der Waals surface area contributed by atoms with E-state index in [1.54, 1.807) is 0 Å². The molecule has 24 heavy (non-hydrogen) atoms. The van der Waals surface area contributed by atoms with E-state index in [4.69, 9.17) is 20.3 Å². The van der Waals surface area contributed by atoms with Crippen molar-refractivity contribution in [3.8, 4) is 5.75 Å². The van der Waals surface area contributed by atoms with Crippen LogP contribution < -0.4 is 10.5 Å². The van der Waals surface area contributed by atoms with Crippen molar-refractivity contribution in [2.24, 2.45) is 11.7 Å². The number of amides is 2. The maximum absolute atomic E-state index is 12.9. The Morgan fingerprint density at radius 3 is 2.92 bits per heavy atom. The Balaban J connectivity index is 1.93. The van der Waals surface area contributed by atoms with Crippen molar-refractivity contribution in [3.05, 3.63) is 29.8 Å². The number of fused-ring (bicyclic) bond motifs is 4. The van der Waals surface area contributed by atoms with E-state index in [2.05, 4.69) is 0 Å². The number of hydrogen-bond donors (Lipinski definition) is 2. The Hall–Kier alpha value is -2.12. The van der Waals surface area contributed by atoms with E-state index < -0.39 is 17.6 Å². The molecule has 0 aliphatic carbocycles. The van der Waals surface area contributed by atoms with Gasteiger partial charge < -0.3 is 25.2 Å². The van der Waals surface area contributed by atoms with Crippen molar-refractivity contribution in [2.45, 2.75) is 25.0 Å². The first kappa shape index (κ1) is 16.7. The molecule has 1 aromatic rings. The number of aliphatic hydroxyl groups is 1. The van der Waals surface area contributed by atoms with Gasteiger partial charge in [-0.15, -0.1) is 0 Å². The minimum Gasteiger partial charge on any atom is -0.468 e. The highest BCUT2D eigenvalue weighted by atomic mass is 16.5. The minimum absolute atomic E-state index is 0.0823.